The number of nitrogens with zero attached hydrogens (tertiary/aromatic N) is 2. The van der Waals surface area contributed by atoms with Crippen molar-refractivity contribution in [1.29, 1.82) is 0 Å². The molecule has 2 heterocycles. The van der Waals surface area contributed by atoms with Crippen molar-refractivity contribution in [2.75, 3.05) is 0 Å². The van der Waals surface area contributed by atoms with Gasteiger partial charge in [0.25, 0.3) is 0 Å². The first-order chi connectivity index (χ1) is 8.94. The van der Waals surface area contributed by atoms with E-state index in [9.17, 15) is 9.50 Å². The molecule has 0 radical (unpaired) electrons. The summed E-state index contributed by atoms with van der Waals surface area (Å²) in [5, 5.41) is 11.6. The van der Waals surface area contributed by atoms with Crippen LogP contribution in [0.2, 0.25) is 0 Å². The van der Waals surface area contributed by atoms with Crippen molar-refractivity contribution < 1.29 is 9.50 Å². The van der Waals surface area contributed by atoms with Crippen LogP contribution in [0.15, 0.2) is 18.3 Å². The average Bonchev–Trinajstić information content (AvgIpc) is 2.68. The van der Waals surface area contributed by atoms with E-state index in [0.29, 0.717) is 18.5 Å². The van der Waals surface area contributed by atoms with Gasteiger partial charge in [-0.15, -0.1) is 11.3 Å². The molecule has 0 aliphatic rings. The van der Waals surface area contributed by atoms with Crippen LogP contribution in [0, 0.1) is 19.7 Å². The summed E-state index contributed by atoms with van der Waals surface area (Å²) < 4.78 is 12.9. The first kappa shape index (κ1) is 14.1. The molecule has 1 unspecified atom stereocenters. The molecule has 0 aliphatic heterocycles. The second kappa shape index (κ2) is 5.35. The van der Waals surface area contributed by atoms with Gasteiger partial charge >= 0.3 is 0 Å². The number of aryl methyl sites for hydroxylation is 2. The van der Waals surface area contributed by atoms with E-state index in [0.717, 1.165) is 21.8 Å². The van der Waals surface area contributed by atoms with Crippen molar-refractivity contribution >= 4 is 11.3 Å². The molecular formula is C14H17FN2OS. The van der Waals surface area contributed by atoms with Crippen molar-refractivity contribution in [1.82, 2.24) is 9.97 Å². The lowest BCUT2D eigenvalue weighted by Crippen LogP contribution is -2.28. The van der Waals surface area contributed by atoms with Crippen LogP contribution in [-0.2, 0) is 12.0 Å². The lowest BCUT2D eigenvalue weighted by atomic mass is 9.92. The molecule has 0 saturated heterocycles. The summed E-state index contributed by atoms with van der Waals surface area (Å²) in [6.07, 6.45) is 2.04. The number of thiazole rings is 1. The molecule has 1 atom stereocenters. The zero-order valence-corrected chi connectivity index (χ0v) is 12.1. The molecule has 5 heteroatoms. The van der Waals surface area contributed by atoms with Crippen LogP contribution in [-0.4, -0.2) is 15.1 Å². The maximum atomic E-state index is 12.9. The molecular weight excluding hydrogens is 263 g/mol. The molecule has 0 aromatic carbocycles. The fourth-order valence-corrected chi connectivity index (χ4v) is 2.95. The summed E-state index contributed by atoms with van der Waals surface area (Å²) >= 11 is 1.58. The quantitative estimate of drug-likeness (QED) is 0.936. The zero-order chi connectivity index (χ0) is 14.0. The van der Waals surface area contributed by atoms with Crippen LogP contribution in [0.4, 0.5) is 4.39 Å². The van der Waals surface area contributed by atoms with Gasteiger partial charge in [0, 0.05) is 11.3 Å². The van der Waals surface area contributed by atoms with Crippen molar-refractivity contribution in [2.24, 2.45) is 0 Å². The van der Waals surface area contributed by atoms with Gasteiger partial charge in [-0.2, -0.15) is 0 Å². The fourth-order valence-electron chi connectivity index (χ4n) is 1.91. The highest BCUT2D eigenvalue weighted by Crippen LogP contribution is 2.30. The van der Waals surface area contributed by atoms with Crippen LogP contribution < -0.4 is 0 Å². The third-order valence-electron chi connectivity index (χ3n) is 3.31. The maximum Gasteiger partial charge on any atom is 0.141 e. The topological polar surface area (TPSA) is 46.0 Å². The lowest BCUT2D eigenvalue weighted by Gasteiger charge is -2.25. The van der Waals surface area contributed by atoms with E-state index in [2.05, 4.69) is 9.97 Å². The summed E-state index contributed by atoms with van der Waals surface area (Å²) in [4.78, 5) is 9.59. The molecule has 2 aromatic rings. The van der Waals surface area contributed by atoms with Gasteiger partial charge in [-0.05, 0) is 32.4 Å². The van der Waals surface area contributed by atoms with Gasteiger partial charge in [0.05, 0.1) is 22.6 Å². The summed E-state index contributed by atoms with van der Waals surface area (Å²) in [6, 6.07) is 2.85. The maximum absolute atomic E-state index is 12.9. The van der Waals surface area contributed by atoms with Crippen LogP contribution in [0.3, 0.4) is 0 Å². The van der Waals surface area contributed by atoms with Gasteiger partial charge in [0.15, 0.2) is 0 Å². The van der Waals surface area contributed by atoms with E-state index in [1.54, 1.807) is 11.3 Å². The van der Waals surface area contributed by atoms with Crippen LogP contribution in [0.5, 0.6) is 0 Å². The van der Waals surface area contributed by atoms with Crippen LogP contribution in [0.1, 0.15) is 34.6 Å². The van der Waals surface area contributed by atoms with E-state index in [-0.39, 0.29) is 0 Å². The van der Waals surface area contributed by atoms with Crippen LogP contribution >= 0.6 is 11.3 Å². The van der Waals surface area contributed by atoms with Crippen molar-refractivity contribution in [3.05, 3.63) is 45.4 Å². The Hall–Kier alpha value is -1.33. The molecule has 0 saturated carbocycles. The Labute approximate surface area is 116 Å². The Bertz CT molecular complexity index is 548. The van der Waals surface area contributed by atoms with Gasteiger partial charge in [0.2, 0.25) is 0 Å². The minimum atomic E-state index is -1.09. The van der Waals surface area contributed by atoms with E-state index in [1.807, 2.05) is 20.8 Å². The highest BCUT2D eigenvalue weighted by Gasteiger charge is 2.30. The van der Waals surface area contributed by atoms with E-state index >= 15 is 0 Å². The zero-order valence-electron chi connectivity index (χ0n) is 11.3. The fraction of sp³-hybridized carbons (Fsp3) is 0.429. The molecule has 102 valence electrons. The molecule has 0 fully saturated rings. The van der Waals surface area contributed by atoms with Crippen molar-refractivity contribution in [3.8, 4) is 0 Å². The summed E-state index contributed by atoms with van der Waals surface area (Å²) in [6.45, 7) is 5.85. The van der Waals surface area contributed by atoms with E-state index in [4.69, 9.17) is 0 Å². The number of aliphatic hydroxyl groups is 1. The molecule has 0 amide bonds. The first-order valence-electron chi connectivity index (χ1n) is 6.22. The van der Waals surface area contributed by atoms with Gasteiger partial charge < -0.3 is 5.11 Å². The smallest absolute Gasteiger partial charge is 0.141 e. The lowest BCUT2D eigenvalue weighted by molar-refractivity contribution is 0.0281. The minimum absolute atomic E-state index is 0.400. The number of pyridine rings is 1. The molecule has 2 aromatic heterocycles. The molecule has 1 N–H and O–H groups in total. The largest absolute Gasteiger partial charge is 0.383 e. The van der Waals surface area contributed by atoms with Gasteiger partial charge in [-0.25, -0.2) is 9.37 Å². The first-order valence-corrected chi connectivity index (χ1v) is 7.03. The normalized spacial score (nSPS) is 14.4. The van der Waals surface area contributed by atoms with E-state index < -0.39 is 11.4 Å². The summed E-state index contributed by atoms with van der Waals surface area (Å²) in [7, 11) is 0. The van der Waals surface area contributed by atoms with Gasteiger partial charge in [0.1, 0.15) is 11.4 Å². The monoisotopic (exact) mass is 280 g/mol. The summed E-state index contributed by atoms with van der Waals surface area (Å²) in [5.41, 5.74) is 0.386. The highest BCUT2D eigenvalue weighted by molar-refractivity contribution is 7.11. The van der Waals surface area contributed by atoms with Crippen LogP contribution in [0.25, 0.3) is 0 Å². The average molecular weight is 280 g/mol. The Balaban J connectivity index is 2.29. The second-order valence-electron chi connectivity index (χ2n) is 4.67. The Kier molecular flexibility index (Phi) is 3.96. The molecule has 0 bridgehead atoms. The molecule has 0 aliphatic carbocycles. The predicted octanol–water partition coefficient (Wildman–Crippen LogP) is 3.13. The molecule has 0 spiro atoms. The Morgan fingerprint density at radius 2 is 2.11 bits per heavy atom. The number of rotatable bonds is 4. The Morgan fingerprint density at radius 1 is 1.37 bits per heavy atom. The third-order valence-corrected chi connectivity index (χ3v) is 4.38. The van der Waals surface area contributed by atoms with Gasteiger partial charge in [-0.1, -0.05) is 6.92 Å². The van der Waals surface area contributed by atoms with Crippen molar-refractivity contribution in [3.63, 3.8) is 0 Å². The van der Waals surface area contributed by atoms with Gasteiger partial charge in [-0.3, -0.25) is 4.98 Å². The summed E-state index contributed by atoms with van der Waals surface area (Å²) in [5.74, 6) is -0.400. The third kappa shape index (κ3) is 2.98. The molecule has 19 heavy (non-hydrogen) atoms. The number of hydrogen-bond donors (Lipinski definition) is 1. The Morgan fingerprint density at radius 3 is 2.58 bits per heavy atom. The second-order valence-corrected chi connectivity index (χ2v) is 5.96. The SMILES string of the molecule is CCC(O)(Cc1nc(C)c(C)s1)c1ccc(F)cn1. The molecule has 2 rings (SSSR count). The number of aromatic nitrogens is 2. The number of hydrogen-bond acceptors (Lipinski definition) is 4. The standard InChI is InChI=1S/C14H17FN2OS/c1-4-14(18,12-6-5-11(15)8-16-12)7-13-17-9(2)10(3)19-13/h5-6,8,18H,4,7H2,1-3H3. The van der Waals surface area contributed by atoms with E-state index in [1.165, 1.54) is 12.1 Å². The molecule has 3 nitrogen and oxygen atoms in total. The predicted molar refractivity (Wildman–Crippen MR) is 73.7 cm³/mol. The highest BCUT2D eigenvalue weighted by atomic mass is 32.1. The van der Waals surface area contributed by atoms with Crippen molar-refractivity contribution in [2.45, 2.75) is 39.2 Å². The number of halogens is 1. The minimum Gasteiger partial charge on any atom is -0.383 e.